The van der Waals surface area contributed by atoms with E-state index < -0.39 is 28.5 Å². The maximum atomic E-state index is 14.1. The predicted octanol–water partition coefficient (Wildman–Crippen LogP) is 5.46. The molecule has 0 radical (unpaired) electrons. The molecule has 7 nitrogen and oxygen atoms in total. The number of rotatable bonds is 11. The van der Waals surface area contributed by atoms with Crippen LogP contribution in [-0.4, -0.2) is 50.0 Å². The minimum Gasteiger partial charge on any atom is -0.352 e. The first-order valence-electron chi connectivity index (χ1n) is 13.2. The molecule has 0 aliphatic heterocycles. The summed E-state index contributed by atoms with van der Waals surface area (Å²) in [5, 5.41) is 4.09. The van der Waals surface area contributed by atoms with Crippen LogP contribution in [0, 0.1) is 0 Å². The molecule has 4 rings (SSSR count). The van der Waals surface area contributed by atoms with Crippen molar-refractivity contribution in [3.8, 4) is 0 Å². The fourth-order valence-electron chi connectivity index (χ4n) is 4.97. The first-order chi connectivity index (χ1) is 19.1. The summed E-state index contributed by atoms with van der Waals surface area (Å²) < 4.78 is 26.7. The maximum absolute atomic E-state index is 14.1. The molecule has 1 unspecified atom stereocenters. The highest BCUT2D eigenvalue weighted by Crippen LogP contribution is 2.24. The van der Waals surface area contributed by atoms with Gasteiger partial charge in [0, 0.05) is 29.1 Å². The number of anilines is 1. The van der Waals surface area contributed by atoms with Crippen LogP contribution in [0.5, 0.6) is 0 Å². The monoisotopic (exact) mass is 601 g/mol. The number of hydrogen-bond acceptors (Lipinski definition) is 4. The van der Waals surface area contributed by atoms with Crippen molar-refractivity contribution in [1.29, 1.82) is 0 Å². The minimum absolute atomic E-state index is 0.0514. The van der Waals surface area contributed by atoms with Gasteiger partial charge >= 0.3 is 0 Å². The minimum atomic E-state index is -3.84. The second-order valence-electron chi connectivity index (χ2n) is 10.1. The van der Waals surface area contributed by atoms with Crippen LogP contribution in [0.3, 0.4) is 0 Å². The Hall–Kier alpha value is -3.07. The Morgan fingerprint density at radius 1 is 0.900 bits per heavy atom. The topological polar surface area (TPSA) is 86.8 Å². The van der Waals surface area contributed by atoms with Gasteiger partial charge < -0.3 is 10.2 Å². The van der Waals surface area contributed by atoms with Crippen LogP contribution < -0.4 is 9.62 Å². The molecule has 1 N–H and O–H groups in total. The molecule has 0 heterocycles. The molecule has 40 heavy (non-hydrogen) atoms. The lowest BCUT2D eigenvalue weighted by molar-refractivity contribution is -0.140. The third-order valence-corrected chi connectivity index (χ3v) is 8.64. The van der Waals surface area contributed by atoms with E-state index in [0.29, 0.717) is 15.7 Å². The summed E-state index contributed by atoms with van der Waals surface area (Å²) in [7, 11) is -3.84. The van der Waals surface area contributed by atoms with Gasteiger partial charge in [0.2, 0.25) is 21.8 Å². The summed E-state index contributed by atoms with van der Waals surface area (Å²) in [4.78, 5) is 29.4. The van der Waals surface area contributed by atoms with E-state index in [4.69, 9.17) is 23.2 Å². The van der Waals surface area contributed by atoms with Crippen molar-refractivity contribution < 1.29 is 18.0 Å². The first-order valence-corrected chi connectivity index (χ1v) is 15.8. The number of carbonyl (C=O) groups excluding carboxylic acids is 2. The smallest absolute Gasteiger partial charge is 0.244 e. The van der Waals surface area contributed by atoms with E-state index in [1.54, 1.807) is 42.5 Å². The third kappa shape index (κ3) is 8.22. The van der Waals surface area contributed by atoms with E-state index in [1.165, 1.54) is 4.90 Å². The van der Waals surface area contributed by atoms with E-state index >= 15 is 0 Å². The number of halogens is 2. The van der Waals surface area contributed by atoms with Crippen LogP contribution >= 0.6 is 23.2 Å². The lowest BCUT2D eigenvalue weighted by Crippen LogP contribution is -2.54. The molecule has 1 aliphatic rings. The predicted molar refractivity (Wildman–Crippen MR) is 160 cm³/mol. The number of hydrogen-bond donors (Lipinski definition) is 1. The molecule has 212 valence electrons. The lowest BCUT2D eigenvalue weighted by Gasteiger charge is -2.34. The van der Waals surface area contributed by atoms with Gasteiger partial charge in [-0.2, -0.15) is 0 Å². The van der Waals surface area contributed by atoms with Crippen LogP contribution in [0.15, 0.2) is 78.9 Å². The van der Waals surface area contributed by atoms with Gasteiger partial charge in [0.15, 0.2) is 0 Å². The van der Waals surface area contributed by atoms with Gasteiger partial charge in [0.1, 0.15) is 12.6 Å². The highest BCUT2D eigenvalue weighted by atomic mass is 35.5. The quantitative estimate of drug-likeness (QED) is 0.316. The second kappa shape index (κ2) is 13.5. The Bertz CT molecular complexity index is 1410. The Labute approximate surface area is 246 Å². The molecule has 3 aromatic rings. The Morgan fingerprint density at radius 2 is 1.55 bits per heavy atom. The maximum Gasteiger partial charge on any atom is 0.244 e. The molecule has 1 aliphatic carbocycles. The van der Waals surface area contributed by atoms with E-state index in [2.05, 4.69) is 5.32 Å². The standard InChI is InChI=1S/C30H33Cl2N3O4S/c1-40(38,39)35(27-16-14-24(31)15-17-27)21-29(36)34(20-23-10-7-11-25(32)18-23)28(19-22-8-3-2-4-9-22)30(37)33-26-12-5-6-13-26/h2-4,7-11,14-18,26,28H,5-6,12-13,19-21H2,1H3,(H,33,37). The van der Waals surface area contributed by atoms with Gasteiger partial charge in [0.05, 0.1) is 11.9 Å². The van der Waals surface area contributed by atoms with Gasteiger partial charge in [-0.15, -0.1) is 0 Å². The van der Waals surface area contributed by atoms with Crippen LogP contribution in [-0.2, 0) is 32.6 Å². The van der Waals surface area contributed by atoms with Gasteiger partial charge in [-0.05, 0) is 60.4 Å². The zero-order valence-electron chi connectivity index (χ0n) is 22.3. The molecule has 2 amide bonds. The first kappa shape index (κ1) is 29.9. The average Bonchev–Trinajstić information content (AvgIpc) is 3.43. The summed E-state index contributed by atoms with van der Waals surface area (Å²) >= 11 is 12.3. The number of nitrogens with zero attached hydrogens (tertiary/aromatic N) is 2. The fourth-order valence-corrected chi connectivity index (χ4v) is 6.16. The molecule has 0 bridgehead atoms. The van der Waals surface area contributed by atoms with Crippen molar-refractivity contribution in [1.82, 2.24) is 10.2 Å². The fraction of sp³-hybridized carbons (Fsp3) is 0.333. The molecule has 1 saturated carbocycles. The molecule has 1 atom stereocenters. The zero-order valence-corrected chi connectivity index (χ0v) is 24.6. The van der Waals surface area contributed by atoms with Gasteiger partial charge in [-0.25, -0.2) is 8.42 Å². The van der Waals surface area contributed by atoms with Crippen LogP contribution in [0.2, 0.25) is 10.0 Å². The van der Waals surface area contributed by atoms with Gasteiger partial charge in [0.25, 0.3) is 0 Å². The number of benzene rings is 3. The summed E-state index contributed by atoms with van der Waals surface area (Å²) in [6.07, 6.45) is 5.19. The number of amides is 2. The van der Waals surface area contributed by atoms with E-state index in [-0.39, 0.29) is 24.9 Å². The van der Waals surface area contributed by atoms with Gasteiger partial charge in [-0.3, -0.25) is 13.9 Å². The van der Waals surface area contributed by atoms with Crippen molar-refractivity contribution in [3.05, 3.63) is 100 Å². The average molecular weight is 603 g/mol. The molecule has 10 heteroatoms. The summed E-state index contributed by atoms with van der Waals surface area (Å²) in [6.45, 7) is -0.407. The largest absolute Gasteiger partial charge is 0.352 e. The second-order valence-corrected chi connectivity index (χ2v) is 12.9. The number of sulfonamides is 1. The zero-order chi connectivity index (χ0) is 28.7. The van der Waals surface area contributed by atoms with E-state index in [0.717, 1.165) is 47.4 Å². The van der Waals surface area contributed by atoms with E-state index in [1.807, 2.05) is 36.4 Å². The molecule has 0 spiro atoms. The molecule has 0 saturated heterocycles. The molecular formula is C30H33Cl2N3O4S. The number of carbonyl (C=O) groups is 2. The summed E-state index contributed by atoms with van der Waals surface area (Å²) in [5.74, 6) is -0.772. The van der Waals surface area contributed by atoms with Crippen LogP contribution in [0.1, 0.15) is 36.8 Å². The van der Waals surface area contributed by atoms with Crippen molar-refractivity contribution in [3.63, 3.8) is 0 Å². The van der Waals surface area contributed by atoms with Crippen molar-refractivity contribution >= 4 is 50.7 Å². The molecular weight excluding hydrogens is 569 g/mol. The SMILES string of the molecule is CS(=O)(=O)N(CC(=O)N(Cc1cccc(Cl)c1)C(Cc1ccccc1)C(=O)NC1CCCC1)c1ccc(Cl)cc1. The summed E-state index contributed by atoms with van der Waals surface area (Å²) in [5.41, 5.74) is 1.92. The van der Waals surface area contributed by atoms with Crippen molar-refractivity contribution in [2.45, 2.75) is 50.7 Å². The van der Waals surface area contributed by atoms with Crippen molar-refractivity contribution in [2.24, 2.45) is 0 Å². The van der Waals surface area contributed by atoms with Crippen LogP contribution in [0.25, 0.3) is 0 Å². The highest BCUT2D eigenvalue weighted by Gasteiger charge is 2.34. The summed E-state index contributed by atoms with van der Waals surface area (Å²) in [6, 6.07) is 22.0. The molecule has 1 fully saturated rings. The highest BCUT2D eigenvalue weighted by molar-refractivity contribution is 7.92. The lowest BCUT2D eigenvalue weighted by atomic mass is 10.0. The normalized spacial score (nSPS) is 14.5. The molecule has 3 aromatic carbocycles. The number of nitrogens with one attached hydrogen (secondary N) is 1. The van der Waals surface area contributed by atoms with Crippen LogP contribution in [0.4, 0.5) is 5.69 Å². The molecule has 0 aromatic heterocycles. The third-order valence-electron chi connectivity index (χ3n) is 7.01. The van der Waals surface area contributed by atoms with E-state index in [9.17, 15) is 18.0 Å². The van der Waals surface area contributed by atoms with Crippen molar-refractivity contribution in [2.75, 3.05) is 17.1 Å². The Balaban J connectivity index is 1.72. The Kier molecular flexibility index (Phi) is 10.1. The van der Waals surface area contributed by atoms with Gasteiger partial charge in [-0.1, -0.05) is 78.5 Å². The Morgan fingerprint density at radius 3 is 2.17 bits per heavy atom.